The van der Waals surface area contributed by atoms with Crippen LogP contribution in [0.1, 0.15) is 51.1 Å². The molecule has 0 amide bonds. The Morgan fingerprint density at radius 3 is 2.80 bits per heavy atom. The van der Waals surface area contributed by atoms with Gasteiger partial charge in [-0.2, -0.15) is 0 Å². The summed E-state index contributed by atoms with van der Waals surface area (Å²) in [7, 11) is 0. The Labute approximate surface area is 119 Å². The zero-order chi connectivity index (χ0) is 14.6. The van der Waals surface area contributed by atoms with Gasteiger partial charge in [0.1, 0.15) is 5.82 Å². The molecule has 1 heterocycles. The molecular formula is C15H24FN3O. The lowest BCUT2D eigenvalue weighted by Crippen LogP contribution is -2.50. The largest absolute Gasteiger partial charge is 0.373 e. The van der Waals surface area contributed by atoms with Crippen molar-refractivity contribution in [3.05, 3.63) is 29.8 Å². The number of pyridine rings is 1. The molecule has 3 N–H and O–H groups in total. The van der Waals surface area contributed by atoms with Crippen molar-refractivity contribution in [2.45, 2.75) is 51.2 Å². The molecule has 1 aliphatic rings. The monoisotopic (exact) mass is 281 g/mol. The molecule has 0 saturated heterocycles. The van der Waals surface area contributed by atoms with Crippen LogP contribution in [0, 0.1) is 11.7 Å². The standard InChI is InChI=1S/C15H24FN3O/c1-3-20-15(7-4-11(2)5-8-15)14(19-17)12-6-9-18-10-13(12)16/h6,9-11,14,19H,3-5,7-8,17H2,1-2H3. The van der Waals surface area contributed by atoms with E-state index in [2.05, 4.69) is 17.3 Å². The number of halogens is 1. The van der Waals surface area contributed by atoms with E-state index in [0.29, 0.717) is 18.1 Å². The minimum absolute atomic E-state index is 0.340. The number of nitrogens with one attached hydrogen (secondary N) is 1. The minimum atomic E-state index is -0.432. The zero-order valence-electron chi connectivity index (χ0n) is 12.2. The van der Waals surface area contributed by atoms with Crippen LogP contribution in [-0.2, 0) is 4.74 Å². The number of hydrogen-bond acceptors (Lipinski definition) is 4. The third-order valence-corrected chi connectivity index (χ3v) is 4.36. The van der Waals surface area contributed by atoms with E-state index >= 15 is 0 Å². The van der Waals surface area contributed by atoms with Gasteiger partial charge in [-0.05, 0) is 44.6 Å². The average Bonchev–Trinajstić information content (AvgIpc) is 2.45. The van der Waals surface area contributed by atoms with Crippen LogP contribution in [0.4, 0.5) is 4.39 Å². The first-order chi connectivity index (χ1) is 9.63. The maximum atomic E-state index is 14.1. The molecule has 1 aliphatic carbocycles. The number of nitrogens with two attached hydrogens (primary N) is 1. The normalized spacial score (nSPS) is 28.3. The summed E-state index contributed by atoms with van der Waals surface area (Å²) in [6.07, 6.45) is 6.74. The third-order valence-electron chi connectivity index (χ3n) is 4.36. The lowest BCUT2D eigenvalue weighted by Gasteiger charge is -2.44. The molecule has 112 valence electrons. The Morgan fingerprint density at radius 2 is 2.25 bits per heavy atom. The Bertz CT molecular complexity index is 433. The molecule has 1 saturated carbocycles. The number of hydrogen-bond donors (Lipinski definition) is 2. The molecule has 1 aromatic heterocycles. The van der Waals surface area contributed by atoms with Gasteiger partial charge in [-0.1, -0.05) is 6.92 Å². The summed E-state index contributed by atoms with van der Waals surface area (Å²) < 4.78 is 20.1. The van der Waals surface area contributed by atoms with Crippen molar-refractivity contribution in [3.63, 3.8) is 0 Å². The fourth-order valence-corrected chi connectivity index (χ4v) is 3.20. The Balaban J connectivity index is 2.33. The SMILES string of the molecule is CCOC1(C(NN)c2ccncc2F)CCC(C)CC1. The van der Waals surface area contributed by atoms with Gasteiger partial charge in [-0.3, -0.25) is 10.8 Å². The minimum Gasteiger partial charge on any atom is -0.373 e. The first kappa shape index (κ1) is 15.4. The van der Waals surface area contributed by atoms with E-state index in [1.54, 1.807) is 12.3 Å². The van der Waals surface area contributed by atoms with Crippen molar-refractivity contribution < 1.29 is 9.13 Å². The van der Waals surface area contributed by atoms with Crippen LogP contribution >= 0.6 is 0 Å². The summed E-state index contributed by atoms with van der Waals surface area (Å²) >= 11 is 0. The number of ether oxygens (including phenoxy) is 1. The van der Waals surface area contributed by atoms with Gasteiger partial charge >= 0.3 is 0 Å². The highest BCUT2D eigenvalue weighted by Crippen LogP contribution is 2.43. The average molecular weight is 281 g/mol. The van der Waals surface area contributed by atoms with Crippen molar-refractivity contribution in [1.82, 2.24) is 10.4 Å². The molecule has 0 radical (unpaired) electrons. The fraction of sp³-hybridized carbons (Fsp3) is 0.667. The van der Waals surface area contributed by atoms with E-state index in [1.165, 1.54) is 6.20 Å². The van der Waals surface area contributed by atoms with Gasteiger partial charge in [0.05, 0.1) is 17.8 Å². The number of hydrazine groups is 1. The molecule has 1 unspecified atom stereocenters. The van der Waals surface area contributed by atoms with Crippen LogP contribution < -0.4 is 11.3 Å². The molecule has 0 spiro atoms. The van der Waals surface area contributed by atoms with Gasteiger partial charge in [0.2, 0.25) is 0 Å². The lowest BCUT2D eigenvalue weighted by atomic mass is 9.73. The molecule has 1 atom stereocenters. The predicted molar refractivity (Wildman–Crippen MR) is 76.2 cm³/mol. The zero-order valence-corrected chi connectivity index (χ0v) is 12.2. The number of nitrogens with zero attached hydrogens (tertiary/aromatic N) is 1. The molecule has 0 aromatic carbocycles. The highest BCUT2D eigenvalue weighted by Gasteiger charge is 2.43. The molecule has 2 rings (SSSR count). The lowest BCUT2D eigenvalue weighted by molar-refractivity contribution is -0.0983. The quantitative estimate of drug-likeness (QED) is 0.643. The van der Waals surface area contributed by atoms with Crippen LogP contribution in [0.15, 0.2) is 18.5 Å². The molecule has 5 heteroatoms. The Kier molecular flexibility index (Phi) is 5.07. The maximum Gasteiger partial charge on any atom is 0.146 e. The van der Waals surface area contributed by atoms with Crippen molar-refractivity contribution in [3.8, 4) is 0 Å². The highest BCUT2D eigenvalue weighted by atomic mass is 19.1. The first-order valence-electron chi connectivity index (χ1n) is 7.32. The van der Waals surface area contributed by atoms with Gasteiger partial charge in [0.15, 0.2) is 0 Å². The molecular weight excluding hydrogens is 257 g/mol. The summed E-state index contributed by atoms with van der Waals surface area (Å²) in [5, 5.41) is 0. The molecule has 4 nitrogen and oxygen atoms in total. The topological polar surface area (TPSA) is 60.2 Å². The maximum absolute atomic E-state index is 14.1. The van der Waals surface area contributed by atoms with Crippen LogP contribution in [0.5, 0.6) is 0 Å². The summed E-state index contributed by atoms with van der Waals surface area (Å²) in [5.41, 5.74) is 2.88. The van der Waals surface area contributed by atoms with E-state index in [1.807, 2.05) is 6.92 Å². The van der Waals surface area contributed by atoms with Crippen molar-refractivity contribution in [2.24, 2.45) is 11.8 Å². The van der Waals surface area contributed by atoms with E-state index in [0.717, 1.165) is 25.7 Å². The Morgan fingerprint density at radius 1 is 1.55 bits per heavy atom. The number of aromatic nitrogens is 1. The van der Waals surface area contributed by atoms with E-state index < -0.39 is 5.60 Å². The second-order valence-corrected chi connectivity index (χ2v) is 5.68. The third kappa shape index (κ3) is 3.00. The van der Waals surface area contributed by atoms with Gasteiger partial charge in [-0.15, -0.1) is 0 Å². The molecule has 1 aromatic rings. The second kappa shape index (κ2) is 6.61. The molecule has 20 heavy (non-hydrogen) atoms. The summed E-state index contributed by atoms with van der Waals surface area (Å²) in [4.78, 5) is 3.80. The van der Waals surface area contributed by atoms with Gasteiger partial charge in [-0.25, -0.2) is 9.82 Å². The van der Waals surface area contributed by atoms with E-state index in [4.69, 9.17) is 10.6 Å². The van der Waals surface area contributed by atoms with Gasteiger partial charge in [0.25, 0.3) is 0 Å². The summed E-state index contributed by atoms with van der Waals surface area (Å²) in [5.74, 6) is 6.08. The number of rotatable bonds is 5. The van der Waals surface area contributed by atoms with Crippen LogP contribution in [0.3, 0.4) is 0 Å². The summed E-state index contributed by atoms with van der Waals surface area (Å²) in [6, 6.07) is 1.33. The molecule has 0 aliphatic heterocycles. The van der Waals surface area contributed by atoms with Crippen LogP contribution in [0.25, 0.3) is 0 Å². The van der Waals surface area contributed by atoms with E-state index in [9.17, 15) is 4.39 Å². The fourth-order valence-electron chi connectivity index (χ4n) is 3.20. The first-order valence-corrected chi connectivity index (χ1v) is 7.32. The Hall–Kier alpha value is -1.04. The molecule has 0 bridgehead atoms. The van der Waals surface area contributed by atoms with E-state index in [-0.39, 0.29) is 11.9 Å². The van der Waals surface area contributed by atoms with Crippen LogP contribution in [-0.4, -0.2) is 17.2 Å². The van der Waals surface area contributed by atoms with Crippen molar-refractivity contribution in [1.29, 1.82) is 0 Å². The predicted octanol–water partition coefficient (Wildman–Crippen LogP) is 2.71. The van der Waals surface area contributed by atoms with Crippen molar-refractivity contribution in [2.75, 3.05) is 6.61 Å². The summed E-state index contributed by atoms with van der Waals surface area (Å²) in [6.45, 7) is 4.81. The highest BCUT2D eigenvalue weighted by molar-refractivity contribution is 5.22. The smallest absolute Gasteiger partial charge is 0.146 e. The van der Waals surface area contributed by atoms with Crippen molar-refractivity contribution >= 4 is 0 Å². The van der Waals surface area contributed by atoms with Gasteiger partial charge < -0.3 is 4.74 Å². The van der Waals surface area contributed by atoms with Gasteiger partial charge in [0, 0.05) is 18.4 Å². The second-order valence-electron chi connectivity index (χ2n) is 5.68. The molecule has 1 fully saturated rings. The van der Waals surface area contributed by atoms with Crippen LogP contribution in [0.2, 0.25) is 0 Å².